The number of H-pyrrole nitrogens is 1. The number of hydrogen-bond donors (Lipinski definition) is 1. The molecule has 1 aliphatic rings. The van der Waals surface area contributed by atoms with E-state index in [1.165, 1.54) is 0 Å². The quantitative estimate of drug-likeness (QED) is 0.563. The molecule has 0 spiro atoms. The van der Waals surface area contributed by atoms with Crippen molar-refractivity contribution >= 4 is 5.91 Å². The van der Waals surface area contributed by atoms with Crippen molar-refractivity contribution in [3.63, 3.8) is 0 Å². The molecule has 1 amide bonds. The first-order valence-electron chi connectivity index (χ1n) is 11.5. The van der Waals surface area contributed by atoms with Gasteiger partial charge in [-0.3, -0.25) is 14.8 Å². The van der Waals surface area contributed by atoms with Gasteiger partial charge < -0.3 is 14.2 Å². The van der Waals surface area contributed by atoms with Crippen LogP contribution in [0.25, 0.3) is 11.3 Å². The maximum Gasteiger partial charge on any atom is 0.236 e. The first kappa shape index (κ1) is 23.2. The highest BCUT2D eigenvalue weighted by atomic mass is 16.5. The van der Waals surface area contributed by atoms with Crippen LogP contribution in [0.15, 0.2) is 41.1 Å². The van der Waals surface area contributed by atoms with Crippen LogP contribution in [0.2, 0.25) is 0 Å². The lowest BCUT2D eigenvalue weighted by molar-refractivity contribution is -0.132. The van der Waals surface area contributed by atoms with E-state index in [9.17, 15) is 4.79 Å². The van der Waals surface area contributed by atoms with Crippen LogP contribution in [-0.4, -0.2) is 63.3 Å². The molecule has 0 bridgehead atoms. The van der Waals surface area contributed by atoms with Gasteiger partial charge in [-0.2, -0.15) is 5.10 Å². The van der Waals surface area contributed by atoms with Crippen molar-refractivity contribution in [3.05, 3.63) is 59.1 Å². The number of aryl methyl sites for hydroxylation is 2. The molecular weight excluding hydrogens is 418 g/mol. The Morgan fingerprint density at radius 1 is 1.21 bits per heavy atom. The third kappa shape index (κ3) is 5.69. The highest BCUT2D eigenvalue weighted by Gasteiger charge is 2.30. The zero-order valence-corrected chi connectivity index (χ0v) is 19.9. The Kier molecular flexibility index (Phi) is 7.25. The summed E-state index contributed by atoms with van der Waals surface area (Å²) >= 11 is 0. The van der Waals surface area contributed by atoms with Gasteiger partial charge >= 0.3 is 0 Å². The van der Waals surface area contributed by atoms with Gasteiger partial charge in [0, 0.05) is 37.3 Å². The van der Waals surface area contributed by atoms with Gasteiger partial charge in [0.2, 0.25) is 5.91 Å². The fourth-order valence-electron chi connectivity index (χ4n) is 4.33. The van der Waals surface area contributed by atoms with E-state index in [4.69, 9.17) is 9.26 Å². The molecule has 3 heterocycles. The SMILES string of the molecule is Cc1noc(C)c1CO[C@@H]1CN(Cc2cn[nH]c2-c2ccccc2)CC(=O)N(CC(C)C)C1. The van der Waals surface area contributed by atoms with Crippen LogP contribution in [0.4, 0.5) is 0 Å². The van der Waals surface area contributed by atoms with E-state index in [-0.39, 0.29) is 12.0 Å². The van der Waals surface area contributed by atoms with Crippen LogP contribution < -0.4 is 0 Å². The summed E-state index contributed by atoms with van der Waals surface area (Å²) in [5.41, 5.74) is 4.96. The first-order valence-corrected chi connectivity index (χ1v) is 11.5. The maximum absolute atomic E-state index is 13.1. The van der Waals surface area contributed by atoms with Crippen LogP contribution in [0.3, 0.4) is 0 Å². The van der Waals surface area contributed by atoms with E-state index in [1.807, 2.05) is 43.1 Å². The number of rotatable bonds is 8. The van der Waals surface area contributed by atoms with E-state index < -0.39 is 0 Å². The molecule has 0 radical (unpaired) electrons. The van der Waals surface area contributed by atoms with Crippen LogP contribution in [0, 0.1) is 19.8 Å². The molecule has 33 heavy (non-hydrogen) atoms. The van der Waals surface area contributed by atoms with Crippen molar-refractivity contribution in [1.82, 2.24) is 25.2 Å². The molecule has 8 heteroatoms. The molecule has 1 saturated heterocycles. The van der Waals surface area contributed by atoms with Crippen LogP contribution in [0.5, 0.6) is 0 Å². The highest BCUT2D eigenvalue weighted by molar-refractivity contribution is 5.78. The number of hydrogen-bond acceptors (Lipinski definition) is 6. The highest BCUT2D eigenvalue weighted by Crippen LogP contribution is 2.23. The summed E-state index contributed by atoms with van der Waals surface area (Å²) in [5.74, 6) is 1.30. The van der Waals surface area contributed by atoms with Gasteiger partial charge in [-0.1, -0.05) is 49.3 Å². The Morgan fingerprint density at radius 2 is 2.00 bits per heavy atom. The minimum atomic E-state index is -0.115. The normalized spacial score (nSPS) is 17.7. The number of carbonyl (C=O) groups is 1. The van der Waals surface area contributed by atoms with E-state index in [0.29, 0.717) is 38.7 Å². The Bertz CT molecular complexity index is 1040. The van der Waals surface area contributed by atoms with Gasteiger partial charge in [-0.25, -0.2) is 0 Å². The van der Waals surface area contributed by atoms with Gasteiger partial charge in [-0.15, -0.1) is 0 Å². The lowest BCUT2D eigenvalue weighted by Gasteiger charge is -2.26. The summed E-state index contributed by atoms with van der Waals surface area (Å²) in [6, 6.07) is 10.1. The first-order chi connectivity index (χ1) is 15.9. The number of amides is 1. The van der Waals surface area contributed by atoms with E-state index in [1.54, 1.807) is 0 Å². The van der Waals surface area contributed by atoms with E-state index in [2.05, 4.69) is 46.2 Å². The summed E-state index contributed by atoms with van der Waals surface area (Å²) < 4.78 is 11.6. The number of benzene rings is 1. The van der Waals surface area contributed by atoms with Crippen molar-refractivity contribution in [2.24, 2.45) is 5.92 Å². The summed E-state index contributed by atoms with van der Waals surface area (Å²) in [5, 5.41) is 11.4. The molecule has 3 aromatic rings. The predicted molar refractivity (Wildman–Crippen MR) is 125 cm³/mol. The van der Waals surface area contributed by atoms with Gasteiger partial charge in [-0.05, 0) is 25.3 Å². The molecule has 1 atom stereocenters. The smallest absolute Gasteiger partial charge is 0.236 e. The van der Waals surface area contributed by atoms with Crippen molar-refractivity contribution in [2.75, 3.05) is 26.2 Å². The third-order valence-electron chi connectivity index (χ3n) is 6.00. The number of aromatic amines is 1. The molecule has 8 nitrogen and oxygen atoms in total. The monoisotopic (exact) mass is 451 g/mol. The average molecular weight is 452 g/mol. The van der Waals surface area contributed by atoms with Crippen molar-refractivity contribution < 1.29 is 14.1 Å². The predicted octanol–water partition coefficient (Wildman–Crippen LogP) is 3.57. The zero-order chi connectivity index (χ0) is 23.4. The average Bonchev–Trinajstić information content (AvgIpc) is 3.33. The second-order valence-electron chi connectivity index (χ2n) is 9.23. The molecule has 0 unspecified atom stereocenters. The summed E-state index contributed by atoms with van der Waals surface area (Å²) in [6.45, 7) is 11.4. The van der Waals surface area contributed by atoms with Crippen LogP contribution >= 0.6 is 0 Å². The fraction of sp³-hybridized carbons (Fsp3) is 0.480. The largest absolute Gasteiger partial charge is 0.370 e. The molecule has 4 rings (SSSR count). The molecule has 0 saturated carbocycles. The van der Waals surface area contributed by atoms with Crippen molar-refractivity contribution in [3.8, 4) is 11.3 Å². The van der Waals surface area contributed by atoms with Crippen molar-refractivity contribution in [1.29, 1.82) is 0 Å². The number of carbonyl (C=O) groups excluding carboxylic acids is 1. The lowest BCUT2D eigenvalue weighted by Crippen LogP contribution is -2.40. The number of nitrogens with zero attached hydrogens (tertiary/aromatic N) is 4. The summed E-state index contributed by atoms with van der Waals surface area (Å²) in [4.78, 5) is 17.2. The van der Waals surface area contributed by atoms with Crippen LogP contribution in [0.1, 0.15) is 36.4 Å². The topological polar surface area (TPSA) is 87.5 Å². The standard InChI is InChI=1S/C25H33N5O3/c1-17(2)11-30-14-22(32-16-23-18(3)28-33-19(23)4)13-29(15-24(30)31)12-21-10-26-27-25(21)20-8-6-5-7-9-20/h5-10,17,22H,11-16H2,1-4H3,(H,26,27)/t22-/m1/s1. The van der Waals surface area contributed by atoms with Gasteiger partial charge in [0.05, 0.1) is 36.8 Å². The van der Waals surface area contributed by atoms with Gasteiger partial charge in [0.25, 0.3) is 0 Å². The summed E-state index contributed by atoms with van der Waals surface area (Å²) in [6.07, 6.45) is 1.74. The van der Waals surface area contributed by atoms with E-state index >= 15 is 0 Å². The fourth-order valence-corrected chi connectivity index (χ4v) is 4.33. The molecular formula is C25H33N5O3. The summed E-state index contributed by atoms with van der Waals surface area (Å²) in [7, 11) is 0. The van der Waals surface area contributed by atoms with Crippen LogP contribution in [-0.2, 0) is 22.7 Å². The number of ether oxygens (including phenoxy) is 1. The maximum atomic E-state index is 13.1. The molecule has 1 N–H and O–H groups in total. The van der Waals surface area contributed by atoms with E-state index in [0.717, 1.165) is 40.4 Å². The van der Waals surface area contributed by atoms with Gasteiger partial charge in [0.1, 0.15) is 5.76 Å². The Balaban J connectivity index is 1.52. The minimum absolute atomic E-state index is 0.115. The second kappa shape index (κ2) is 10.3. The Labute approximate surface area is 194 Å². The van der Waals surface area contributed by atoms with Crippen molar-refractivity contribution in [2.45, 2.75) is 47.0 Å². The molecule has 1 fully saturated rings. The third-order valence-corrected chi connectivity index (χ3v) is 6.00. The molecule has 2 aromatic heterocycles. The molecule has 1 aromatic carbocycles. The lowest BCUT2D eigenvalue weighted by atomic mass is 10.1. The number of nitrogens with one attached hydrogen (secondary N) is 1. The molecule has 1 aliphatic heterocycles. The number of aromatic nitrogens is 3. The molecule has 0 aliphatic carbocycles. The Morgan fingerprint density at radius 3 is 2.70 bits per heavy atom. The zero-order valence-electron chi connectivity index (χ0n) is 19.9. The van der Waals surface area contributed by atoms with Gasteiger partial charge in [0.15, 0.2) is 0 Å². The second-order valence-corrected chi connectivity index (χ2v) is 9.23. The molecule has 176 valence electrons. The Hall–Kier alpha value is -2.97. The minimum Gasteiger partial charge on any atom is -0.370 e.